The zero-order valence-electron chi connectivity index (χ0n) is 19.5. The lowest BCUT2D eigenvalue weighted by atomic mass is 10.1. The number of hydrogen-bond donors (Lipinski definition) is 4. The van der Waals surface area contributed by atoms with Crippen LogP contribution in [0, 0.1) is 0 Å². The molecule has 0 spiro atoms. The third-order valence-corrected chi connectivity index (χ3v) is 5.12. The average molecular weight is 492 g/mol. The maximum absolute atomic E-state index is 10.7. The lowest BCUT2D eigenvalue weighted by Gasteiger charge is -2.12. The van der Waals surface area contributed by atoms with Gasteiger partial charge in [0.2, 0.25) is 0 Å². The topological polar surface area (TPSA) is 147 Å². The third-order valence-electron chi connectivity index (χ3n) is 5.12. The second-order valence-corrected chi connectivity index (χ2v) is 7.54. The van der Waals surface area contributed by atoms with E-state index in [4.69, 9.17) is 24.4 Å². The van der Waals surface area contributed by atoms with Gasteiger partial charge in [-0.3, -0.25) is 0 Å². The van der Waals surface area contributed by atoms with Crippen molar-refractivity contribution < 1.29 is 34.6 Å². The van der Waals surface area contributed by atoms with Gasteiger partial charge < -0.3 is 34.6 Å². The zero-order chi connectivity index (χ0) is 25.5. The fourth-order valence-corrected chi connectivity index (χ4v) is 3.39. The fourth-order valence-electron chi connectivity index (χ4n) is 3.39. The van der Waals surface area contributed by atoms with Crippen LogP contribution in [0.2, 0.25) is 0 Å². The molecule has 4 N–H and O–H groups in total. The van der Waals surface area contributed by atoms with E-state index in [0.717, 1.165) is 0 Å². The Bertz CT molecular complexity index is 1250. The van der Waals surface area contributed by atoms with E-state index in [9.17, 15) is 10.2 Å². The van der Waals surface area contributed by atoms with E-state index < -0.39 is 0 Å². The Morgan fingerprint density at radius 1 is 0.611 bits per heavy atom. The Balaban J connectivity index is 1.81. The first kappa shape index (κ1) is 24.7. The number of benzene rings is 3. The maximum Gasteiger partial charge on any atom is 0.167 e. The summed E-state index contributed by atoms with van der Waals surface area (Å²) in [7, 11) is 1.57. The molecular weight excluding hydrogens is 466 g/mol. The average Bonchev–Trinajstić information content (AvgIpc) is 2.90. The summed E-state index contributed by atoms with van der Waals surface area (Å²) in [4.78, 5) is 13.6. The van der Waals surface area contributed by atoms with Crippen LogP contribution in [0.5, 0.6) is 28.7 Å². The van der Waals surface area contributed by atoms with Crippen LogP contribution < -0.4 is 14.2 Å². The summed E-state index contributed by atoms with van der Waals surface area (Å²) >= 11 is 0. The number of aliphatic hydroxyl groups excluding tert-OH is 2. The highest BCUT2D eigenvalue weighted by molar-refractivity contribution is 5.72. The molecule has 0 aliphatic rings. The third kappa shape index (κ3) is 5.62. The van der Waals surface area contributed by atoms with Gasteiger partial charge in [-0.15, -0.1) is 0 Å². The molecule has 0 bridgehead atoms. The molecular formula is C26H25N3O7. The fraction of sp³-hybridized carbons (Fsp3) is 0.192. The molecule has 0 atom stereocenters. The van der Waals surface area contributed by atoms with Gasteiger partial charge in [0, 0.05) is 17.7 Å². The molecule has 0 saturated carbocycles. The van der Waals surface area contributed by atoms with Crippen LogP contribution in [-0.4, -0.2) is 68.9 Å². The van der Waals surface area contributed by atoms with Gasteiger partial charge in [-0.25, -0.2) is 15.0 Å². The molecule has 1 heterocycles. The minimum Gasteiger partial charge on any atom is -0.507 e. The maximum atomic E-state index is 10.7. The zero-order valence-corrected chi connectivity index (χ0v) is 19.5. The summed E-state index contributed by atoms with van der Waals surface area (Å²) in [6.07, 6.45) is 0. The van der Waals surface area contributed by atoms with E-state index in [1.165, 1.54) is 12.1 Å². The number of nitrogens with zero attached hydrogens (tertiary/aromatic N) is 3. The van der Waals surface area contributed by atoms with Crippen molar-refractivity contribution in [1.82, 2.24) is 15.0 Å². The van der Waals surface area contributed by atoms with E-state index in [1.807, 2.05) is 0 Å². The van der Waals surface area contributed by atoms with Crippen molar-refractivity contribution in [2.24, 2.45) is 0 Å². The van der Waals surface area contributed by atoms with Crippen molar-refractivity contribution in [2.75, 3.05) is 33.5 Å². The van der Waals surface area contributed by atoms with Crippen molar-refractivity contribution in [3.8, 4) is 62.9 Å². The number of phenols is 2. The summed E-state index contributed by atoms with van der Waals surface area (Å²) in [5.74, 6) is 1.85. The van der Waals surface area contributed by atoms with E-state index in [-0.39, 0.29) is 49.6 Å². The molecule has 0 radical (unpaired) electrons. The van der Waals surface area contributed by atoms with Crippen LogP contribution in [0.1, 0.15) is 0 Å². The minimum atomic E-state index is -0.155. The first-order valence-corrected chi connectivity index (χ1v) is 11.1. The van der Waals surface area contributed by atoms with Crippen molar-refractivity contribution in [3.63, 3.8) is 0 Å². The quantitative estimate of drug-likeness (QED) is 0.261. The molecule has 3 aromatic carbocycles. The number of rotatable bonds is 10. The molecule has 36 heavy (non-hydrogen) atoms. The predicted molar refractivity (Wildman–Crippen MR) is 131 cm³/mol. The summed E-state index contributed by atoms with van der Waals surface area (Å²) in [5, 5.41) is 39.2. The Morgan fingerprint density at radius 3 is 1.47 bits per heavy atom. The number of hydrogen-bond acceptors (Lipinski definition) is 10. The molecule has 0 aliphatic heterocycles. The largest absolute Gasteiger partial charge is 0.507 e. The van der Waals surface area contributed by atoms with Gasteiger partial charge >= 0.3 is 0 Å². The predicted octanol–water partition coefficient (Wildman–Crippen LogP) is 3.03. The highest BCUT2D eigenvalue weighted by Crippen LogP contribution is 2.35. The lowest BCUT2D eigenvalue weighted by Crippen LogP contribution is -2.03. The van der Waals surface area contributed by atoms with Crippen molar-refractivity contribution >= 4 is 0 Å². The van der Waals surface area contributed by atoms with Gasteiger partial charge in [-0.05, 0) is 48.5 Å². The van der Waals surface area contributed by atoms with Crippen LogP contribution in [0.15, 0.2) is 60.7 Å². The number of aromatic hydroxyl groups is 2. The lowest BCUT2D eigenvalue weighted by molar-refractivity contribution is 0.201. The molecule has 0 amide bonds. The standard InChI is InChI=1S/C26H25N3O7/c1-34-17-4-2-16(3-5-17)24-27-25(20-8-6-18(14-22(20)32)35-12-10-30)29-26(28-24)21-9-7-19(15-23(21)33)36-13-11-31/h2-9,14-15,30-33H,10-13H2,1H3. The van der Waals surface area contributed by atoms with E-state index >= 15 is 0 Å². The normalized spacial score (nSPS) is 10.8. The monoisotopic (exact) mass is 491 g/mol. The van der Waals surface area contributed by atoms with Crippen LogP contribution in [-0.2, 0) is 0 Å². The Hall–Kier alpha value is -4.41. The first-order chi connectivity index (χ1) is 17.5. The SMILES string of the molecule is COc1ccc(-c2nc(-c3ccc(OCCO)cc3O)nc(-c3ccc(OCCO)cc3O)n2)cc1. The van der Waals surface area contributed by atoms with Gasteiger partial charge in [-0.1, -0.05) is 0 Å². The van der Waals surface area contributed by atoms with Crippen LogP contribution in [0.3, 0.4) is 0 Å². The highest BCUT2D eigenvalue weighted by Gasteiger charge is 2.17. The first-order valence-electron chi connectivity index (χ1n) is 11.1. The molecule has 0 fully saturated rings. The molecule has 186 valence electrons. The van der Waals surface area contributed by atoms with Gasteiger partial charge in [0.15, 0.2) is 17.5 Å². The molecule has 0 aliphatic carbocycles. The second kappa shape index (κ2) is 11.3. The smallest absolute Gasteiger partial charge is 0.167 e. The summed E-state index contributed by atoms with van der Waals surface area (Å²) < 4.78 is 15.9. The Kier molecular flexibility index (Phi) is 7.79. The molecule has 10 heteroatoms. The molecule has 0 unspecified atom stereocenters. The molecule has 1 aromatic heterocycles. The molecule has 4 rings (SSSR count). The van der Waals surface area contributed by atoms with Gasteiger partial charge in [0.25, 0.3) is 0 Å². The van der Waals surface area contributed by atoms with Crippen LogP contribution >= 0.6 is 0 Å². The Labute approximate surface area is 207 Å². The van der Waals surface area contributed by atoms with Gasteiger partial charge in [-0.2, -0.15) is 0 Å². The number of aliphatic hydroxyl groups is 2. The highest BCUT2D eigenvalue weighted by atomic mass is 16.5. The number of aromatic nitrogens is 3. The van der Waals surface area contributed by atoms with Crippen molar-refractivity contribution in [1.29, 1.82) is 0 Å². The number of ether oxygens (including phenoxy) is 3. The van der Waals surface area contributed by atoms with Gasteiger partial charge in [0.1, 0.15) is 42.0 Å². The van der Waals surface area contributed by atoms with Crippen molar-refractivity contribution in [3.05, 3.63) is 60.7 Å². The van der Waals surface area contributed by atoms with Gasteiger partial charge in [0.05, 0.1) is 31.5 Å². The van der Waals surface area contributed by atoms with E-state index in [1.54, 1.807) is 55.6 Å². The number of phenolic OH excluding ortho intramolecular Hbond substituents is 2. The summed E-state index contributed by atoms with van der Waals surface area (Å²) in [6.45, 7) is -0.128. The number of methoxy groups -OCH3 is 1. The van der Waals surface area contributed by atoms with Crippen LogP contribution in [0.25, 0.3) is 34.2 Å². The van der Waals surface area contributed by atoms with Crippen molar-refractivity contribution in [2.45, 2.75) is 0 Å². The summed E-state index contributed by atoms with van der Waals surface area (Å²) in [5.41, 5.74) is 1.32. The van der Waals surface area contributed by atoms with Crippen LogP contribution in [0.4, 0.5) is 0 Å². The molecule has 0 saturated heterocycles. The molecule has 10 nitrogen and oxygen atoms in total. The second-order valence-electron chi connectivity index (χ2n) is 7.54. The minimum absolute atomic E-state index is 0.0909. The summed E-state index contributed by atoms with van der Waals surface area (Å²) in [6, 6.07) is 16.4. The molecule has 4 aromatic rings. The van der Waals surface area contributed by atoms with E-state index in [0.29, 0.717) is 39.8 Å². The Morgan fingerprint density at radius 2 is 1.06 bits per heavy atom. The van der Waals surface area contributed by atoms with E-state index in [2.05, 4.69) is 15.0 Å².